The maximum absolute atomic E-state index is 10.9. The van der Waals surface area contributed by atoms with Crippen LogP contribution in [0.2, 0.25) is 0 Å². The molecule has 1 aliphatic carbocycles. The molecule has 3 heteroatoms. The monoisotopic (exact) mass is 172 g/mol. The van der Waals surface area contributed by atoms with Crippen molar-refractivity contribution in [2.45, 2.75) is 38.9 Å². The zero-order valence-electron chi connectivity index (χ0n) is 7.87. The predicted octanol–water partition coefficient (Wildman–Crippen LogP) is 1.36. The highest BCUT2D eigenvalue weighted by Gasteiger charge is 2.40. The van der Waals surface area contributed by atoms with E-state index < -0.39 is 0 Å². The van der Waals surface area contributed by atoms with Gasteiger partial charge in [-0.2, -0.15) is 0 Å². The van der Waals surface area contributed by atoms with Gasteiger partial charge in [0.1, 0.15) is 6.10 Å². The number of rotatable bonds is 3. The van der Waals surface area contributed by atoms with Gasteiger partial charge in [0.05, 0.1) is 6.10 Å². The molecule has 12 heavy (non-hydrogen) atoms. The van der Waals surface area contributed by atoms with Crippen LogP contribution in [0.3, 0.4) is 0 Å². The second-order valence-electron chi connectivity index (χ2n) is 3.30. The number of hydrogen-bond donors (Lipinski definition) is 0. The van der Waals surface area contributed by atoms with Gasteiger partial charge in [0.25, 0.3) is 0 Å². The van der Waals surface area contributed by atoms with Crippen molar-refractivity contribution >= 4 is 5.97 Å². The number of carbonyl (C=O) groups is 1. The number of hydrogen-bond acceptors (Lipinski definition) is 3. The summed E-state index contributed by atoms with van der Waals surface area (Å²) in [5, 5.41) is 0. The van der Waals surface area contributed by atoms with Crippen LogP contribution in [0.15, 0.2) is 0 Å². The Morgan fingerprint density at radius 2 is 2.25 bits per heavy atom. The van der Waals surface area contributed by atoms with Gasteiger partial charge in [-0.15, -0.1) is 0 Å². The van der Waals surface area contributed by atoms with Gasteiger partial charge in [0.2, 0.25) is 0 Å². The van der Waals surface area contributed by atoms with Crippen molar-refractivity contribution in [3.8, 4) is 0 Å². The van der Waals surface area contributed by atoms with Gasteiger partial charge in [0.15, 0.2) is 0 Å². The van der Waals surface area contributed by atoms with Crippen molar-refractivity contribution in [1.29, 1.82) is 0 Å². The Hall–Kier alpha value is -0.570. The van der Waals surface area contributed by atoms with Crippen LogP contribution in [0, 0.1) is 5.92 Å². The molecule has 1 fully saturated rings. The van der Waals surface area contributed by atoms with Crippen molar-refractivity contribution in [2.75, 3.05) is 7.11 Å². The minimum Gasteiger partial charge on any atom is -0.460 e. The van der Waals surface area contributed by atoms with Crippen LogP contribution in [0.25, 0.3) is 0 Å². The molecule has 70 valence electrons. The van der Waals surface area contributed by atoms with E-state index in [1.54, 1.807) is 14.0 Å². The van der Waals surface area contributed by atoms with Crippen LogP contribution in [0.4, 0.5) is 0 Å². The largest absolute Gasteiger partial charge is 0.460 e. The molecule has 0 saturated heterocycles. The molecule has 1 saturated carbocycles. The molecular weight excluding hydrogens is 156 g/mol. The SMILES string of the molecule is CCC(=O)OC1CC(C)C1OC. The van der Waals surface area contributed by atoms with Crippen LogP contribution < -0.4 is 0 Å². The lowest BCUT2D eigenvalue weighted by Crippen LogP contribution is -2.48. The molecule has 0 amide bonds. The molecule has 0 aromatic heterocycles. The molecule has 0 heterocycles. The fourth-order valence-corrected chi connectivity index (χ4v) is 1.56. The summed E-state index contributed by atoms with van der Waals surface area (Å²) in [6.07, 6.45) is 1.49. The molecule has 0 bridgehead atoms. The maximum Gasteiger partial charge on any atom is 0.305 e. The van der Waals surface area contributed by atoms with E-state index >= 15 is 0 Å². The Balaban J connectivity index is 2.31. The van der Waals surface area contributed by atoms with E-state index in [1.165, 1.54) is 0 Å². The third-order valence-corrected chi connectivity index (χ3v) is 2.38. The summed E-state index contributed by atoms with van der Waals surface area (Å²) >= 11 is 0. The van der Waals surface area contributed by atoms with E-state index in [1.807, 2.05) is 0 Å². The van der Waals surface area contributed by atoms with Gasteiger partial charge in [0, 0.05) is 13.5 Å². The highest BCUT2D eigenvalue weighted by atomic mass is 16.6. The lowest BCUT2D eigenvalue weighted by atomic mass is 9.80. The molecule has 0 N–H and O–H groups in total. The average Bonchev–Trinajstić information content (AvgIpc) is 2.04. The van der Waals surface area contributed by atoms with Gasteiger partial charge < -0.3 is 9.47 Å². The summed E-state index contributed by atoms with van der Waals surface area (Å²) in [6, 6.07) is 0. The van der Waals surface area contributed by atoms with Crippen LogP contribution in [-0.2, 0) is 14.3 Å². The third-order valence-electron chi connectivity index (χ3n) is 2.38. The van der Waals surface area contributed by atoms with Crippen molar-refractivity contribution in [2.24, 2.45) is 5.92 Å². The first kappa shape index (κ1) is 9.52. The van der Waals surface area contributed by atoms with Gasteiger partial charge in [-0.1, -0.05) is 13.8 Å². The molecule has 3 unspecified atom stereocenters. The normalized spacial score (nSPS) is 34.1. The minimum absolute atomic E-state index is 0.00236. The topological polar surface area (TPSA) is 35.5 Å². The smallest absolute Gasteiger partial charge is 0.305 e. The average molecular weight is 172 g/mol. The summed E-state index contributed by atoms with van der Waals surface area (Å²) in [5.41, 5.74) is 0. The van der Waals surface area contributed by atoms with Gasteiger partial charge in [-0.05, 0) is 12.3 Å². The first-order chi connectivity index (χ1) is 5.69. The first-order valence-electron chi connectivity index (χ1n) is 4.41. The molecule has 3 atom stereocenters. The maximum atomic E-state index is 10.9. The van der Waals surface area contributed by atoms with E-state index in [9.17, 15) is 4.79 Å². The fourth-order valence-electron chi connectivity index (χ4n) is 1.56. The summed E-state index contributed by atoms with van der Waals surface area (Å²) in [5.74, 6) is 0.388. The fraction of sp³-hybridized carbons (Fsp3) is 0.889. The molecule has 0 aromatic rings. The zero-order chi connectivity index (χ0) is 9.14. The van der Waals surface area contributed by atoms with E-state index in [0.29, 0.717) is 12.3 Å². The van der Waals surface area contributed by atoms with E-state index in [4.69, 9.17) is 9.47 Å². The lowest BCUT2D eigenvalue weighted by molar-refractivity contribution is -0.177. The van der Waals surface area contributed by atoms with Gasteiger partial charge in [-0.3, -0.25) is 4.79 Å². The van der Waals surface area contributed by atoms with Gasteiger partial charge in [-0.25, -0.2) is 0 Å². The molecule has 1 aliphatic rings. The van der Waals surface area contributed by atoms with Crippen LogP contribution in [0.1, 0.15) is 26.7 Å². The van der Waals surface area contributed by atoms with Crippen molar-refractivity contribution in [3.63, 3.8) is 0 Å². The summed E-state index contributed by atoms with van der Waals surface area (Å²) in [6.45, 7) is 3.90. The summed E-state index contributed by atoms with van der Waals surface area (Å²) < 4.78 is 10.3. The zero-order valence-corrected chi connectivity index (χ0v) is 7.87. The van der Waals surface area contributed by atoms with E-state index in [0.717, 1.165) is 6.42 Å². The quantitative estimate of drug-likeness (QED) is 0.603. The van der Waals surface area contributed by atoms with Gasteiger partial charge >= 0.3 is 5.97 Å². The predicted molar refractivity (Wildman–Crippen MR) is 44.7 cm³/mol. The van der Waals surface area contributed by atoms with Crippen molar-refractivity contribution in [1.82, 2.24) is 0 Å². The highest BCUT2D eigenvalue weighted by Crippen LogP contribution is 2.32. The van der Waals surface area contributed by atoms with E-state index in [-0.39, 0.29) is 18.2 Å². The molecule has 0 spiro atoms. The Morgan fingerprint density at radius 3 is 2.67 bits per heavy atom. The molecular formula is C9H16O3. The van der Waals surface area contributed by atoms with Crippen molar-refractivity contribution < 1.29 is 14.3 Å². The standard InChI is InChI=1S/C9H16O3/c1-4-8(10)12-7-5-6(2)9(7)11-3/h6-7,9H,4-5H2,1-3H3. The molecule has 0 aliphatic heterocycles. The Bertz CT molecular complexity index is 167. The van der Waals surface area contributed by atoms with Crippen LogP contribution in [0.5, 0.6) is 0 Å². The number of carbonyl (C=O) groups excluding carboxylic acids is 1. The number of ether oxygens (including phenoxy) is 2. The highest BCUT2D eigenvalue weighted by molar-refractivity contribution is 5.69. The summed E-state index contributed by atoms with van der Waals surface area (Å²) in [4.78, 5) is 10.9. The Labute approximate surface area is 73.0 Å². The van der Waals surface area contributed by atoms with Crippen LogP contribution >= 0.6 is 0 Å². The van der Waals surface area contributed by atoms with E-state index in [2.05, 4.69) is 6.92 Å². The Kier molecular flexibility index (Phi) is 3.09. The number of esters is 1. The second kappa shape index (κ2) is 3.90. The molecule has 3 nitrogen and oxygen atoms in total. The van der Waals surface area contributed by atoms with Crippen molar-refractivity contribution in [3.05, 3.63) is 0 Å². The Morgan fingerprint density at radius 1 is 1.58 bits per heavy atom. The van der Waals surface area contributed by atoms with Crippen LogP contribution in [-0.4, -0.2) is 25.3 Å². The number of methoxy groups -OCH3 is 1. The molecule has 0 radical (unpaired) electrons. The third kappa shape index (κ3) is 1.78. The first-order valence-corrected chi connectivity index (χ1v) is 4.41. The second-order valence-corrected chi connectivity index (χ2v) is 3.30. The molecule has 1 rings (SSSR count). The lowest BCUT2D eigenvalue weighted by Gasteiger charge is -2.40. The minimum atomic E-state index is -0.131. The molecule has 0 aromatic carbocycles. The summed E-state index contributed by atoms with van der Waals surface area (Å²) in [7, 11) is 1.66.